The van der Waals surface area contributed by atoms with Crippen LogP contribution in [0.2, 0.25) is 0 Å². The Morgan fingerprint density at radius 1 is 0.400 bits per heavy atom. The second kappa shape index (κ2) is 11.3. The highest BCUT2D eigenvalue weighted by Crippen LogP contribution is 2.38. The van der Waals surface area contributed by atoms with Crippen molar-refractivity contribution in [2.75, 3.05) is 0 Å². The molecule has 4 heteroatoms. The number of aryl methyl sites for hydroxylation is 1. The zero-order chi connectivity index (χ0) is 30.2. The lowest BCUT2D eigenvalue weighted by molar-refractivity contribution is 1.07. The molecule has 8 rings (SSSR count). The third-order valence-electron chi connectivity index (χ3n) is 8.18. The van der Waals surface area contributed by atoms with Crippen molar-refractivity contribution >= 4 is 21.5 Å². The van der Waals surface area contributed by atoms with Crippen molar-refractivity contribution in [3.8, 4) is 56.5 Å². The van der Waals surface area contributed by atoms with Crippen LogP contribution < -0.4 is 0 Å². The fourth-order valence-corrected chi connectivity index (χ4v) is 5.93. The minimum atomic E-state index is 0.614. The molecular formula is C41H28N4. The molecule has 0 saturated carbocycles. The number of aromatic nitrogens is 4. The van der Waals surface area contributed by atoms with Crippen LogP contribution in [0.1, 0.15) is 5.56 Å². The van der Waals surface area contributed by atoms with Gasteiger partial charge in [0.05, 0.1) is 5.69 Å². The lowest BCUT2D eigenvalue weighted by atomic mass is 9.91. The number of nitrogens with zero attached hydrogens (tertiary/aromatic N) is 4. The van der Waals surface area contributed by atoms with Crippen LogP contribution in [0.15, 0.2) is 152 Å². The zero-order valence-electron chi connectivity index (χ0n) is 24.7. The van der Waals surface area contributed by atoms with E-state index in [0.717, 1.165) is 44.6 Å². The first-order valence-electron chi connectivity index (χ1n) is 15.1. The van der Waals surface area contributed by atoms with Crippen molar-refractivity contribution in [3.05, 3.63) is 157 Å². The normalized spacial score (nSPS) is 11.2. The summed E-state index contributed by atoms with van der Waals surface area (Å²) in [4.78, 5) is 19.8. The second-order valence-electron chi connectivity index (χ2n) is 11.2. The SMILES string of the molecule is Cc1ccc(-c2cc(-c3nc(-c4ccccc4)nc(-c4ccccc4)n3)cc(-c3cc4ccccc4c4ccccc34)c2)nc1. The summed E-state index contributed by atoms with van der Waals surface area (Å²) in [5.41, 5.74) is 8.03. The van der Waals surface area contributed by atoms with Crippen LogP contribution >= 0.6 is 0 Å². The van der Waals surface area contributed by atoms with Gasteiger partial charge in [-0.05, 0) is 75.5 Å². The third-order valence-corrected chi connectivity index (χ3v) is 8.18. The van der Waals surface area contributed by atoms with Crippen molar-refractivity contribution in [3.63, 3.8) is 0 Å². The molecule has 0 N–H and O–H groups in total. The quantitative estimate of drug-likeness (QED) is 0.191. The van der Waals surface area contributed by atoms with Crippen molar-refractivity contribution in [1.82, 2.24) is 19.9 Å². The van der Waals surface area contributed by atoms with E-state index in [0.29, 0.717) is 17.5 Å². The summed E-state index contributed by atoms with van der Waals surface area (Å²) in [6, 6.07) is 50.4. The lowest BCUT2D eigenvalue weighted by Crippen LogP contribution is -2.00. The van der Waals surface area contributed by atoms with Gasteiger partial charge in [0.1, 0.15) is 0 Å². The Bertz CT molecular complexity index is 2250. The van der Waals surface area contributed by atoms with Crippen molar-refractivity contribution < 1.29 is 0 Å². The molecule has 212 valence electrons. The molecule has 0 fully saturated rings. The lowest BCUT2D eigenvalue weighted by Gasteiger charge is -2.15. The molecule has 0 radical (unpaired) electrons. The van der Waals surface area contributed by atoms with E-state index < -0.39 is 0 Å². The van der Waals surface area contributed by atoms with Crippen LogP contribution in [0.3, 0.4) is 0 Å². The predicted molar refractivity (Wildman–Crippen MR) is 185 cm³/mol. The smallest absolute Gasteiger partial charge is 0.164 e. The van der Waals surface area contributed by atoms with Gasteiger partial charge in [-0.2, -0.15) is 0 Å². The predicted octanol–water partition coefficient (Wildman–Crippen LogP) is 10.2. The van der Waals surface area contributed by atoms with Gasteiger partial charge in [-0.1, -0.05) is 115 Å². The van der Waals surface area contributed by atoms with Gasteiger partial charge in [0.15, 0.2) is 17.5 Å². The average Bonchev–Trinajstić information content (AvgIpc) is 3.12. The fraction of sp³-hybridized carbons (Fsp3) is 0.0244. The molecule has 0 saturated heterocycles. The molecule has 0 aliphatic heterocycles. The Morgan fingerprint density at radius 2 is 0.933 bits per heavy atom. The molecule has 0 spiro atoms. The second-order valence-corrected chi connectivity index (χ2v) is 11.2. The number of hydrogen-bond acceptors (Lipinski definition) is 4. The Kier molecular flexibility index (Phi) is 6.65. The van der Waals surface area contributed by atoms with Crippen LogP contribution in [0, 0.1) is 6.92 Å². The molecule has 6 aromatic carbocycles. The summed E-state index contributed by atoms with van der Waals surface area (Å²) in [5.74, 6) is 1.88. The first-order chi connectivity index (χ1) is 22.2. The molecule has 0 aliphatic carbocycles. The van der Waals surface area contributed by atoms with E-state index in [2.05, 4.69) is 91.9 Å². The Morgan fingerprint density at radius 3 is 1.58 bits per heavy atom. The Hall–Kier alpha value is -6.00. The molecule has 8 aromatic rings. The summed E-state index contributed by atoms with van der Waals surface area (Å²) >= 11 is 0. The van der Waals surface area contributed by atoms with Gasteiger partial charge in [0.2, 0.25) is 0 Å². The highest BCUT2D eigenvalue weighted by Gasteiger charge is 2.16. The van der Waals surface area contributed by atoms with E-state index in [-0.39, 0.29) is 0 Å². The van der Waals surface area contributed by atoms with Crippen LogP contribution in [-0.4, -0.2) is 19.9 Å². The molecule has 0 bridgehead atoms. The summed E-state index contributed by atoms with van der Waals surface area (Å²) in [7, 11) is 0. The summed E-state index contributed by atoms with van der Waals surface area (Å²) < 4.78 is 0. The summed E-state index contributed by atoms with van der Waals surface area (Å²) in [6.07, 6.45) is 1.91. The molecule has 4 nitrogen and oxygen atoms in total. The van der Waals surface area contributed by atoms with Crippen molar-refractivity contribution in [2.24, 2.45) is 0 Å². The molecule has 2 aromatic heterocycles. The maximum atomic E-state index is 5.05. The highest BCUT2D eigenvalue weighted by molar-refractivity contribution is 6.14. The number of benzene rings is 6. The van der Waals surface area contributed by atoms with E-state index in [1.165, 1.54) is 21.5 Å². The van der Waals surface area contributed by atoms with Gasteiger partial charge in [0, 0.05) is 28.5 Å². The van der Waals surface area contributed by atoms with E-state index in [4.69, 9.17) is 19.9 Å². The maximum Gasteiger partial charge on any atom is 0.164 e. The first kappa shape index (κ1) is 26.6. The largest absolute Gasteiger partial charge is 0.256 e. The van der Waals surface area contributed by atoms with E-state index in [1.54, 1.807) is 0 Å². The maximum absolute atomic E-state index is 5.05. The number of rotatable bonds is 5. The number of hydrogen-bond donors (Lipinski definition) is 0. The van der Waals surface area contributed by atoms with Gasteiger partial charge in [0.25, 0.3) is 0 Å². The average molecular weight is 577 g/mol. The third kappa shape index (κ3) is 5.13. The number of pyridine rings is 1. The van der Waals surface area contributed by atoms with Gasteiger partial charge >= 0.3 is 0 Å². The van der Waals surface area contributed by atoms with E-state index in [1.807, 2.05) is 66.9 Å². The number of fused-ring (bicyclic) bond motifs is 3. The van der Waals surface area contributed by atoms with Crippen molar-refractivity contribution in [2.45, 2.75) is 6.92 Å². The van der Waals surface area contributed by atoms with Crippen LogP contribution in [0.5, 0.6) is 0 Å². The first-order valence-corrected chi connectivity index (χ1v) is 15.1. The zero-order valence-corrected chi connectivity index (χ0v) is 24.7. The molecule has 0 unspecified atom stereocenters. The molecule has 45 heavy (non-hydrogen) atoms. The van der Waals surface area contributed by atoms with E-state index >= 15 is 0 Å². The van der Waals surface area contributed by atoms with Gasteiger partial charge in [-0.3, -0.25) is 4.98 Å². The van der Waals surface area contributed by atoms with Crippen LogP contribution in [0.25, 0.3) is 78.1 Å². The highest BCUT2D eigenvalue weighted by atomic mass is 15.0. The standard InChI is InChI=1S/C41H28N4/c1-27-20-21-38(42-26-27)32-22-31(37-25-30-16-8-9-17-34(30)35-18-10-11-19-36(35)37)23-33(24-32)41-44-39(28-12-4-2-5-13-28)43-40(45-41)29-14-6-3-7-15-29/h2-26H,1H3. The molecule has 2 heterocycles. The molecule has 0 aliphatic rings. The van der Waals surface area contributed by atoms with Crippen LogP contribution in [0.4, 0.5) is 0 Å². The van der Waals surface area contributed by atoms with Crippen molar-refractivity contribution in [1.29, 1.82) is 0 Å². The minimum Gasteiger partial charge on any atom is -0.256 e. The fourth-order valence-electron chi connectivity index (χ4n) is 5.93. The van der Waals surface area contributed by atoms with Gasteiger partial charge < -0.3 is 0 Å². The molecule has 0 atom stereocenters. The monoisotopic (exact) mass is 576 g/mol. The minimum absolute atomic E-state index is 0.614. The molecular weight excluding hydrogens is 548 g/mol. The van der Waals surface area contributed by atoms with Crippen LogP contribution in [-0.2, 0) is 0 Å². The van der Waals surface area contributed by atoms with E-state index in [9.17, 15) is 0 Å². The summed E-state index contributed by atoms with van der Waals surface area (Å²) in [5, 5.41) is 4.86. The van der Waals surface area contributed by atoms with Gasteiger partial charge in [-0.25, -0.2) is 15.0 Å². The molecule has 0 amide bonds. The Balaban J connectivity index is 1.41. The Labute approximate surface area is 261 Å². The van der Waals surface area contributed by atoms with Gasteiger partial charge in [-0.15, -0.1) is 0 Å². The topological polar surface area (TPSA) is 51.6 Å². The summed E-state index contributed by atoms with van der Waals surface area (Å²) in [6.45, 7) is 2.06.